The van der Waals surface area contributed by atoms with Gasteiger partial charge in [0.1, 0.15) is 0 Å². The third-order valence-electron chi connectivity index (χ3n) is 5.05. The van der Waals surface area contributed by atoms with Crippen molar-refractivity contribution in [3.05, 3.63) is 99.4 Å². The highest BCUT2D eigenvalue weighted by atomic mass is 32.1. The summed E-state index contributed by atoms with van der Waals surface area (Å²) in [5.74, 6) is -0.357. The highest BCUT2D eigenvalue weighted by Crippen LogP contribution is 2.28. The van der Waals surface area contributed by atoms with Crippen LogP contribution in [0.15, 0.2) is 72.1 Å². The molecule has 0 saturated carbocycles. The molecule has 2 aromatic heterocycles. The summed E-state index contributed by atoms with van der Waals surface area (Å²) in [6.07, 6.45) is 0. The second-order valence-corrected chi connectivity index (χ2v) is 7.79. The summed E-state index contributed by atoms with van der Waals surface area (Å²) in [7, 11) is 1.41. The van der Waals surface area contributed by atoms with Crippen LogP contribution in [0.25, 0.3) is 10.9 Å². The van der Waals surface area contributed by atoms with Gasteiger partial charge in [-0.15, -0.1) is 11.3 Å². The molecule has 4 nitrogen and oxygen atoms in total. The van der Waals surface area contributed by atoms with Crippen molar-refractivity contribution in [2.24, 2.45) is 0 Å². The monoisotopic (exact) mass is 402 g/mol. The topological polar surface area (TPSA) is 51.2 Å². The van der Waals surface area contributed by atoms with Gasteiger partial charge in [0.05, 0.1) is 29.9 Å². The first kappa shape index (κ1) is 19.3. The van der Waals surface area contributed by atoms with Gasteiger partial charge in [0, 0.05) is 16.8 Å². The van der Waals surface area contributed by atoms with Gasteiger partial charge < -0.3 is 4.74 Å². The molecule has 4 rings (SSSR count). The summed E-state index contributed by atoms with van der Waals surface area (Å²) in [5, 5.41) is 6.65. The van der Waals surface area contributed by atoms with Crippen molar-refractivity contribution >= 4 is 28.2 Å². The molecule has 0 fully saturated rings. The van der Waals surface area contributed by atoms with Crippen molar-refractivity contribution in [2.75, 3.05) is 7.11 Å². The molecule has 5 heteroatoms. The van der Waals surface area contributed by atoms with Crippen molar-refractivity contribution in [2.45, 2.75) is 19.5 Å². The Balaban J connectivity index is 1.73. The lowest BCUT2D eigenvalue weighted by atomic mass is 10.0. The first-order valence-electron chi connectivity index (χ1n) is 9.47. The number of aryl methyl sites for hydroxylation is 1. The van der Waals surface area contributed by atoms with E-state index in [9.17, 15) is 4.79 Å². The number of esters is 1. The Labute approximate surface area is 174 Å². The van der Waals surface area contributed by atoms with E-state index < -0.39 is 0 Å². The van der Waals surface area contributed by atoms with E-state index in [0.717, 1.165) is 16.5 Å². The Morgan fingerprint density at radius 2 is 1.83 bits per heavy atom. The largest absolute Gasteiger partial charge is 0.465 e. The van der Waals surface area contributed by atoms with Gasteiger partial charge in [-0.1, -0.05) is 54.6 Å². The summed E-state index contributed by atoms with van der Waals surface area (Å²) in [6, 6.07) is 22.4. The van der Waals surface area contributed by atoms with Crippen LogP contribution in [-0.4, -0.2) is 18.1 Å². The number of hydrogen-bond donors (Lipinski definition) is 1. The number of ether oxygens (including phenoxy) is 1. The lowest BCUT2D eigenvalue weighted by Gasteiger charge is -2.20. The van der Waals surface area contributed by atoms with E-state index in [2.05, 4.69) is 35.0 Å². The number of nitrogens with zero attached hydrogens (tertiary/aromatic N) is 1. The molecule has 0 amide bonds. The van der Waals surface area contributed by atoms with Crippen LogP contribution in [0, 0.1) is 6.92 Å². The first-order valence-corrected chi connectivity index (χ1v) is 10.3. The number of rotatable bonds is 6. The Hall–Kier alpha value is -3.02. The zero-order chi connectivity index (χ0) is 20.2. The number of methoxy groups -OCH3 is 1. The van der Waals surface area contributed by atoms with Crippen molar-refractivity contribution < 1.29 is 9.53 Å². The quantitative estimate of drug-likeness (QED) is 0.446. The van der Waals surface area contributed by atoms with E-state index in [1.54, 1.807) is 11.3 Å². The minimum absolute atomic E-state index is 0.0234. The molecule has 2 heterocycles. The molecule has 146 valence electrons. The second-order valence-electron chi connectivity index (χ2n) is 6.81. The van der Waals surface area contributed by atoms with Crippen LogP contribution in [-0.2, 0) is 11.3 Å². The van der Waals surface area contributed by atoms with Crippen LogP contribution < -0.4 is 5.32 Å². The fraction of sp³-hybridized carbons (Fsp3) is 0.167. The maximum atomic E-state index is 12.6. The molecule has 0 saturated heterocycles. The number of fused-ring (bicyclic) bond motifs is 1. The van der Waals surface area contributed by atoms with Crippen molar-refractivity contribution in [3.8, 4) is 0 Å². The fourth-order valence-electron chi connectivity index (χ4n) is 3.62. The molecular weight excluding hydrogens is 380 g/mol. The molecule has 0 aliphatic carbocycles. The number of carbonyl (C=O) groups excluding carboxylic acids is 1. The van der Waals surface area contributed by atoms with Gasteiger partial charge in [0.25, 0.3) is 0 Å². The number of thiophene rings is 1. The lowest BCUT2D eigenvalue weighted by molar-refractivity contribution is 0.0598. The maximum Gasteiger partial charge on any atom is 0.340 e. The average Bonchev–Trinajstić information content (AvgIpc) is 3.29. The Bertz CT molecular complexity index is 1120. The standard InChI is InChI=1S/C24H22N2O2S/c1-16-18-11-6-7-12-19(18)26-20(22(16)24(27)28-2)15-25-23(21-13-8-14-29-21)17-9-4-3-5-10-17/h3-14,23,25H,15H2,1-2H3/t23-/m0/s1. The van der Waals surface area contributed by atoms with Crippen LogP contribution in [0.3, 0.4) is 0 Å². The fourth-order valence-corrected chi connectivity index (χ4v) is 4.45. The predicted molar refractivity (Wildman–Crippen MR) is 117 cm³/mol. The van der Waals surface area contributed by atoms with Gasteiger partial charge >= 0.3 is 5.97 Å². The van der Waals surface area contributed by atoms with E-state index in [0.29, 0.717) is 17.8 Å². The van der Waals surface area contributed by atoms with E-state index in [4.69, 9.17) is 9.72 Å². The van der Waals surface area contributed by atoms with Gasteiger partial charge in [-0.05, 0) is 35.6 Å². The maximum absolute atomic E-state index is 12.6. The highest BCUT2D eigenvalue weighted by molar-refractivity contribution is 7.10. The number of carbonyl (C=O) groups is 1. The predicted octanol–water partition coefficient (Wildman–Crippen LogP) is 5.27. The molecule has 0 aliphatic rings. The van der Waals surface area contributed by atoms with Crippen LogP contribution in [0.4, 0.5) is 0 Å². The minimum Gasteiger partial charge on any atom is -0.465 e. The lowest BCUT2D eigenvalue weighted by Crippen LogP contribution is -2.24. The number of para-hydroxylation sites is 1. The number of benzene rings is 2. The summed E-state index contributed by atoms with van der Waals surface area (Å²) in [4.78, 5) is 18.6. The van der Waals surface area contributed by atoms with Crippen LogP contribution >= 0.6 is 11.3 Å². The SMILES string of the molecule is COC(=O)c1c(CN[C@@H](c2ccccc2)c2cccs2)nc2ccccc2c1C. The molecule has 0 spiro atoms. The smallest absolute Gasteiger partial charge is 0.340 e. The van der Waals surface area contributed by atoms with Gasteiger partial charge in [0.2, 0.25) is 0 Å². The summed E-state index contributed by atoms with van der Waals surface area (Å²) >= 11 is 1.71. The minimum atomic E-state index is -0.357. The number of hydrogen-bond acceptors (Lipinski definition) is 5. The Kier molecular flexibility index (Phi) is 5.69. The molecule has 0 bridgehead atoms. The van der Waals surface area contributed by atoms with Crippen molar-refractivity contribution in [3.63, 3.8) is 0 Å². The van der Waals surface area contributed by atoms with Gasteiger partial charge in [-0.3, -0.25) is 10.3 Å². The molecule has 2 aromatic carbocycles. The van der Waals surface area contributed by atoms with Crippen LogP contribution in [0.1, 0.15) is 38.1 Å². The number of aromatic nitrogens is 1. The number of nitrogens with one attached hydrogen (secondary N) is 1. The molecule has 0 radical (unpaired) electrons. The molecule has 1 N–H and O–H groups in total. The zero-order valence-corrected chi connectivity index (χ0v) is 17.2. The average molecular weight is 403 g/mol. The summed E-state index contributed by atoms with van der Waals surface area (Å²) < 4.78 is 5.07. The normalized spacial score (nSPS) is 12.1. The molecule has 0 unspecified atom stereocenters. The third-order valence-corrected chi connectivity index (χ3v) is 5.99. The highest BCUT2D eigenvalue weighted by Gasteiger charge is 2.21. The second kappa shape index (κ2) is 8.55. The van der Waals surface area contributed by atoms with E-state index in [1.165, 1.54) is 17.6 Å². The van der Waals surface area contributed by atoms with Gasteiger partial charge in [0.15, 0.2) is 0 Å². The zero-order valence-electron chi connectivity index (χ0n) is 16.4. The van der Waals surface area contributed by atoms with Crippen molar-refractivity contribution in [1.82, 2.24) is 10.3 Å². The van der Waals surface area contributed by atoms with Gasteiger partial charge in [-0.25, -0.2) is 4.79 Å². The third kappa shape index (κ3) is 3.92. The van der Waals surface area contributed by atoms with Crippen LogP contribution in [0.2, 0.25) is 0 Å². The Morgan fingerprint density at radius 3 is 2.55 bits per heavy atom. The van der Waals surface area contributed by atoms with Crippen LogP contribution in [0.5, 0.6) is 0 Å². The Morgan fingerprint density at radius 1 is 1.07 bits per heavy atom. The molecule has 4 aromatic rings. The van der Waals surface area contributed by atoms with E-state index in [-0.39, 0.29) is 12.0 Å². The number of pyridine rings is 1. The first-order chi connectivity index (χ1) is 14.2. The molecule has 1 atom stereocenters. The molecule has 29 heavy (non-hydrogen) atoms. The van der Waals surface area contributed by atoms with E-state index >= 15 is 0 Å². The molecule has 0 aliphatic heterocycles. The van der Waals surface area contributed by atoms with Gasteiger partial charge in [-0.2, -0.15) is 0 Å². The summed E-state index contributed by atoms with van der Waals surface area (Å²) in [6.45, 7) is 2.40. The van der Waals surface area contributed by atoms with Crippen molar-refractivity contribution in [1.29, 1.82) is 0 Å². The van der Waals surface area contributed by atoms with E-state index in [1.807, 2.05) is 49.4 Å². The molecular formula is C24H22N2O2S. The summed E-state index contributed by atoms with van der Waals surface area (Å²) in [5.41, 5.74) is 4.18.